The van der Waals surface area contributed by atoms with Gasteiger partial charge >= 0.3 is 0 Å². The van der Waals surface area contributed by atoms with Gasteiger partial charge < -0.3 is 5.73 Å². The summed E-state index contributed by atoms with van der Waals surface area (Å²) in [5.41, 5.74) is 10.6. The van der Waals surface area contributed by atoms with Gasteiger partial charge in [0, 0.05) is 17.7 Å². The normalized spacial score (nSPS) is 15.2. The average Bonchev–Trinajstić information content (AvgIpc) is 2.81. The molecule has 4 rings (SSSR count). The number of nitrogens with two attached hydrogens (primary N) is 2. The topological polar surface area (TPSA) is 130 Å². The van der Waals surface area contributed by atoms with Gasteiger partial charge in [0.2, 0.25) is 15.9 Å². The Morgan fingerprint density at radius 1 is 1.00 bits per heavy atom. The van der Waals surface area contributed by atoms with Crippen molar-refractivity contribution in [3.63, 3.8) is 0 Å². The lowest BCUT2D eigenvalue weighted by molar-refractivity contribution is -0.118. The van der Waals surface area contributed by atoms with E-state index in [1.165, 1.54) is 4.90 Å². The van der Waals surface area contributed by atoms with E-state index in [2.05, 4.69) is 0 Å². The number of sulfonamides is 1. The second kappa shape index (κ2) is 10.4. The molecule has 1 unspecified atom stereocenters. The summed E-state index contributed by atoms with van der Waals surface area (Å²) >= 11 is 0. The minimum absolute atomic E-state index is 0. The molecule has 1 heterocycles. The number of nitrogen functional groups attached to an aromatic ring is 1. The largest absolute Gasteiger partial charge is 0.384 e. The Morgan fingerprint density at radius 3 is 2.29 bits per heavy atom. The number of carbonyl (C=O) groups excluding carboxylic acids is 1. The summed E-state index contributed by atoms with van der Waals surface area (Å²) in [5.74, 6) is -0.313. The summed E-state index contributed by atoms with van der Waals surface area (Å²) in [7, 11) is -3.96. The van der Waals surface area contributed by atoms with Gasteiger partial charge in [-0.1, -0.05) is 60.7 Å². The second-order valence-corrected chi connectivity index (χ2v) is 9.89. The lowest BCUT2D eigenvalue weighted by atomic mass is 9.95. The minimum atomic E-state index is -3.96. The molecule has 0 fully saturated rings. The van der Waals surface area contributed by atoms with E-state index in [0.29, 0.717) is 24.1 Å². The van der Waals surface area contributed by atoms with Crippen LogP contribution in [-0.2, 0) is 27.7 Å². The van der Waals surface area contributed by atoms with E-state index in [-0.39, 0.29) is 37.0 Å². The smallest absolute Gasteiger partial charge is 0.230 e. The highest BCUT2D eigenvalue weighted by Gasteiger charge is 2.37. The Labute approximate surface area is 205 Å². The molecule has 3 aromatic rings. The number of amides is 1. The van der Waals surface area contributed by atoms with Crippen LogP contribution in [0.5, 0.6) is 0 Å². The number of hydrogen-bond acceptors (Lipinski definition) is 4. The molecule has 3 aromatic carbocycles. The fourth-order valence-corrected chi connectivity index (χ4v) is 5.19. The van der Waals surface area contributed by atoms with Gasteiger partial charge in [0.1, 0.15) is 5.84 Å². The van der Waals surface area contributed by atoms with Crippen molar-refractivity contribution in [3.8, 4) is 11.1 Å². The maximum atomic E-state index is 13.3. The molecule has 1 atom stereocenters. The van der Waals surface area contributed by atoms with E-state index in [0.717, 1.165) is 22.3 Å². The number of rotatable bonds is 6. The molecular weight excluding hydrogens is 472 g/mol. The van der Waals surface area contributed by atoms with E-state index in [4.69, 9.17) is 16.3 Å². The molecule has 1 amide bonds. The third-order valence-corrected chi connectivity index (χ3v) is 7.14. The lowest BCUT2D eigenvalue weighted by Gasteiger charge is -2.36. The number of nitrogens with one attached hydrogen (secondary N) is 1. The van der Waals surface area contributed by atoms with Crippen LogP contribution in [0.15, 0.2) is 72.8 Å². The van der Waals surface area contributed by atoms with E-state index in [1.54, 1.807) is 12.1 Å². The number of aryl methyl sites for hydroxylation is 2. The lowest BCUT2D eigenvalue weighted by Crippen LogP contribution is -2.50. The van der Waals surface area contributed by atoms with Crippen LogP contribution in [0.2, 0.25) is 0 Å². The molecule has 0 spiro atoms. The summed E-state index contributed by atoms with van der Waals surface area (Å²) in [4.78, 5) is 14.6. The predicted molar refractivity (Wildman–Crippen MR) is 138 cm³/mol. The fraction of sp³-hybridized carbons (Fsp3) is 0.200. The predicted octanol–water partition coefficient (Wildman–Crippen LogP) is 3.59. The van der Waals surface area contributed by atoms with Crippen LogP contribution in [0.3, 0.4) is 0 Å². The van der Waals surface area contributed by atoms with Crippen molar-refractivity contribution in [1.29, 1.82) is 5.41 Å². The molecule has 5 N–H and O–H groups in total. The van der Waals surface area contributed by atoms with Crippen molar-refractivity contribution >= 4 is 39.9 Å². The molecule has 34 heavy (non-hydrogen) atoms. The first-order chi connectivity index (χ1) is 15.7. The van der Waals surface area contributed by atoms with Gasteiger partial charge in [0.05, 0.1) is 0 Å². The number of hydrogen-bond donors (Lipinski definition) is 3. The molecule has 0 saturated heterocycles. The molecule has 1 aliphatic rings. The van der Waals surface area contributed by atoms with Crippen LogP contribution in [0.1, 0.15) is 29.5 Å². The molecule has 0 radical (unpaired) electrons. The number of halogens is 1. The van der Waals surface area contributed by atoms with Gasteiger partial charge in [-0.25, -0.2) is 13.6 Å². The Balaban J connectivity index is 0.00000324. The first-order valence-corrected chi connectivity index (χ1v) is 12.3. The summed E-state index contributed by atoms with van der Waals surface area (Å²) in [6.45, 7) is 0. The van der Waals surface area contributed by atoms with Crippen molar-refractivity contribution in [2.75, 3.05) is 4.90 Å². The molecule has 9 heteroatoms. The van der Waals surface area contributed by atoms with E-state index in [1.807, 2.05) is 60.7 Å². The van der Waals surface area contributed by atoms with Crippen LogP contribution < -0.4 is 15.8 Å². The number of nitrogens with zero attached hydrogens (tertiary/aromatic N) is 1. The third kappa shape index (κ3) is 5.47. The zero-order valence-electron chi connectivity index (χ0n) is 18.5. The van der Waals surface area contributed by atoms with Crippen LogP contribution >= 0.6 is 12.4 Å². The van der Waals surface area contributed by atoms with Crippen LogP contribution in [-0.4, -0.2) is 25.5 Å². The first kappa shape index (κ1) is 25.4. The third-order valence-electron chi connectivity index (χ3n) is 5.94. The number of amidine groups is 1. The zero-order valence-corrected chi connectivity index (χ0v) is 20.1. The minimum Gasteiger partial charge on any atom is -0.384 e. The Hall–Kier alpha value is -3.20. The van der Waals surface area contributed by atoms with E-state index >= 15 is 0 Å². The van der Waals surface area contributed by atoms with Gasteiger partial charge in [-0.05, 0) is 53.6 Å². The highest BCUT2D eigenvalue weighted by atomic mass is 35.5. The van der Waals surface area contributed by atoms with E-state index in [9.17, 15) is 13.2 Å². The van der Waals surface area contributed by atoms with Gasteiger partial charge in [-0.15, -0.1) is 12.4 Å². The molecule has 0 aliphatic carbocycles. The van der Waals surface area contributed by atoms with Crippen molar-refractivity contribution in [1.82, 2.24) is 0 Å². The average molecular weight is 499 g/mol. The molecule has 1 aliphatic heterocycles. The Bertz CT molecular complexity index is 1300. The van der Waals surface area contributed by atoms with Gasteiger partial charge in [0.25, 0.3) is 0 Å². The number of fused-ring (bicyclic) bond motifs is 1. The van der Waals surface area contributed by atoms with Gasteiger partial charge in [0.15, 0.2) is 5.37 Å². The molecule has 0 bridgehead atoms. The number of anilines is 1. The maximum Gasteiger partial charge on any atom is 0.230 e. The molecule has 7 nitrogen and oxygen atoms in total. The fourth-order valence-electron chi connectivity index (χ4n) is 4.22. The molecule has 0 aromatic heterocycles. The number of benzene rings is 3. The summed E-state index contributed by atoms with van der Waals surface area (Å²) < 4.78 is 24.7. The standard InChI is InChI=1S/C25H26N4O3S.ClH/c26-25(27)19-9-6-17(7-10-19)8-14-23(30)29-22-13-11-20(18-4-2-1-3-5-18)16-21(22)12-15-24(29)33(28,31)32;/h1-7,9-11,13,16,24H,8,12,14-15H2,(H3,26,27)(H2,28,31,32);1H. The van der Waals surface area contributed by atoms with Crippen molar-refractivity contribution in [3.05, 3.63) is 89.5 Å². The molecule has 178 valence electrons. The highest BCUT2D eigenvalue weighted by molar-refractivity contribution is 7.89. The number of carbonyl (C=O) groups is 1. The summed E-state index contributed by atoms with van der Waals surface area (Å²) in [5, 5.41) is 11.9. The second-order valence-electron chi connectivity index (χ2n) is 8.17. The summed E-state index contributed by atoms with van der Waals surface area (Å²) in [6, 6.07) is 22.7. The monoisotopic (exact) mass is 498 g/mol. The van der Waals surface area contributed by atoms with Crippen LogP contribution in [0, 0.1) is 5.41 Å². The van der Waals surface area contributed by atoms with Crippen molar-refractivity contribution in [2.45, 2.75) is 31.1 Å². The van der Waals surface area contributed by atoms with Crippen molar-refractivity contribution in [2.24, 2.45) is 10.9 Å². The quantitative estimate of drug-likeness (QED) is 0.354. The van der Waals surface area contributed by atoms with Crippen LogP contribution in [0.25, 0.3) is 11.1 Å². The van der Waals surface area contributed by atoms with Gasteiger partial charge in [-0.3, -0.25) is 15.1 Å². The maximum absolute atomic E-state index is 13.3. The van der Waals surface area contributed by atoms with Crippen molar-refractivity contribution < 1.29 is 13.2 Å². The molecular formula is C25H27ClN4O3S. The van der Waals surface area contributed by atoms with Crippen LogP contribution in [0.4, 0.5) is 5.69 Å². The zero-order chi connectivity index (χ0) is 23.6. The Morgan fingerprint density at radius 2 is 1.68 bits per heavy atom. The number of primary sulfonamides is 1. The summed E-state index contributed by atoms with van der Waals surface area (Å²) in [6.07, 6.45) is 1.34. The highest BCUT2D eigenvalue weighted by Crippen LogP contribution is 2.36. The first-order valence-electron chi connectivity index (χ1n) is 10.7. The molecule has 0 saturated carbocycles. The Kier molecular flexibility index (Phi) is 7.76. The van der Waals surface area contributed by atoms with Gasteiger partial charge in [-0.2, -0.15) is 0 Å². The van der Waals surface area contributed by atoms with E-state index < -0.39 is 15.4 Å². The SMILES string of the molecule is Cl.N=C(N)c1ccc(CCC(=O)N2c3ccc(-c4ccccc4)cc3CCC2S(N)(=O)=O)cc1.